The van der Waals surface area contributed by atoms with Gasteiger partial charge in [-0.25, -0.2) is 4.39 Å². The quantitative estimate of drug-likeness (QED) is 0.582. The summed E-state index contributed by atoms with van der Waals surface area (Å²) in [7, 11) is 1.96. The van der Waals surface area contributed by atoms with Crippen LogP contribution in [-0.4, -0.2) is 41.1 Å². The number of benzene rings is 2. The third kappa shape index (κ3) is 4.59. The van der Waals surface area contributed by atoms with Gasteiger partial charge in [0.05, 0.1) is 4.91 Å². The molecule has 1 saturated heterocycles. The minimum atomic E-state index is -0.599. The Morgan fingerprint density at radius 3 is 2.71 bits per heavy atom. The van der Waals surface area contributed by atoms with Crippen LogP contribution in [0.5, 0.6) is 0 Å². The lowest BCUT2D eigenvalue weighted by atomic mass is 9.80. The molecule has 1 fully saturated rings. The molecule has 2 aliphatic heterocycles. The lowest BCUT2D eigenvalue weighted by Gasteiger charge is -2.45. The number of fused-ring (bicyclic) bond motifs is 1. The highest BCUT2D eigenvalue weighted by molar-refractivity contribution is 8.18. The van der Waals surface area contributed by atoms with Crippen LogP contribution >= 0.6 is 11.8 Å². The predicted molar refractivity (Wildman–Crippen MR) is 134 cm³/mol. The third-order valence-corrected chi connectivity index (χ3v) is 7.42. The molecule has 178 valence electrons. The Morgan fingerprint density at radius 2 is 2.00 bits per heavy atom. The van der Waals surface area contributed by atoms with Crippen molar-refractivity contribution in [1.29, 1.82) is 0 Å². The van der Waals surface area contributed by atoms with E-state index >= 15 is 4.39 Å². The van der Waals surface area contributed by atoms with Crippen LogP contribution in [0.25, 0.3) is 6.08 Å². The number of rotatable bonds is 4. The van der Waals surface area contributed by atoms with E-state index < -0.39 is 29.4 Å². The number of thioether (sulfide) groups is 1. The first kappa shape index (κ1) is 24.0. The average Bonchev–Trinajstić information content (AvgIpc) is 3.00. The van der Waals surface area contributed by atoms with Gasteiger partial charge in [0.15, 0.2) is 0 Å². The van der Waals surface area contributed by atoms with Crippen molar-refractivity contribution >= 4 is 46.3 Å². The Kier molecular flexibility index (Phi) is 6.29. The zero-order chi connectivity index (χ0) is 24.8. The summed E-state index contributed by atoms with van der Waals surface area (Å²) in [6, 6.07) is 10.5. The molecule has 34 heavy (non-hydrogen) atoms. The largest absolute Gasteiger partial charge is 0.369 e. The van der Waals surface area contributed by atoms with Crippen molar-refractivity contribution in [2.24, 2.45) is 0 Å². The number of nitrogens with zero attached hydrogens (tertiary/aromatic N) is 2. The standard InChI is InChI=1S/C26H28FN3O3S/c1-15-7-6-8-18(9-15)28-23(31)14-30-24(32)22(34-25(30)33)11-17-10-19-16(2)13-26(3,4)29(5)21(19)12-20(17)27/h6-12,16H,13-14H2,1-5H3,(H,28,31)/b22-11+. The highest BCUT2D eigenvalue weighted by Crippen LogP contribution is 2.44. The minimum absolute atomic E-state index is 0.0952. The highest BCUT2D eigenvalue weighted by atomic mass is 32.2. The predicted octanol–water partition coefficient (Wildman–Crippen LogP) is 5.53. The normalized spacial score (nSPS) is 20.6. The maximum absolute atomic E-state index is 15.0. The summed E-state index contributed by atoms with van der Waals surface area (Å²) in [5.74, 6) is -1.32. The Morgan fingerprint density at radius 1 is 1.26 bits per heavy atom. The summed E-state index contributed by atoms with van der Waals surface area (Å²) in [6.07, 6.45) is 2.32. The van der Waals surface area contributed by atoms with E-state index in [1.807, 2.05) is 20.0 Å². The molecule has 1 N–H and O–H groups in total. The first-order valence-electron chi connectivity index (χ1n) is 11.2. The Balaban J connectivity index is 1.54. The highest BCUT2D eigenvalue weighted by Gasteiger charge is 2.37. The maximum Gasteiger partial charge on any atom is 0.294 e. The Bertz CT molecular complexity index is 1220. The summed E-state index contributed by atoms with van der Waals surface area (Å²) >= 11 is 0.716. The average molecular weight is 482 g/mol. The van der Waals surface area contributed by atoms with E-state index in [1.54, 1.807) is 24.3 Å². The van der Waals surface area contributed by atoms with Crippen molar-refractivity contribution in [3.8, 4) is 0 Å². The molecule has 0 spiro atoms. The van der Waals surface area contributed by atoms with E-state index in [0.29, 0.717) is 17.4 Å². The van der Waals surface area contributed by atoms with Gasteiger partial charge in [-0.15, -0.1) is 0 Å². The second-order valence-corrected chi connectivity index (χ2v) is 10.6. The van der Waals surface area contributed by atoms with Crippen molar-refractivity contribution < 1.29 is 18.8 Å². The summed E-state index contributed by atoms with van der Waals surface area (Å²) in [4.78, 5) is 40.8. The molecule has 1 unspecified atom stereocenters. The molecule has 4 rings (SSSR count). The van der Waals surface area contributed by atoms with Crippen molar-refractivity contribution in [2.75, 3.05) is 23.8 Å². The molecule has 2 heterocycles. The van der Waals surface area contributed by atoms with Crippen molar-refractivity contribution in [1.82, 2.24) is 4.90 Å². The molecule has 0 aliphatic carbocycles. The van der Waals surface area contributed by atoms with Crippen LogP contribution in [0.15, 0.2) is 41.3 Å². The second-order valence-electron chi connectivity index (χ2n) is 9.59. The molecule has 0 bridgehead atoms. The molecule has 2 aliphatic rings. The molecular formula is C26H28FN3O3S. The van der Waals surface area contributed by atoms with Gasteiger partial charge in [-0.2, -0.15) is 0 Å². The van der Waals surface area contributed by atoms with Crippen LogP contribution < -0.4 is 10.2 Å². The monoisotopic (exact) mass is 481 g/mol. The van der Waals surface area contributed by atoms with Crippen molar-refractivity contribution in [2.45, 2.75) is 45.6 Å². The van der Waals surface area contributed by atoms with E-state index in [9.17, 15) is 14.4 Å². The van der Waals surface area contributed by atoms with Gasteiger partial charge in [0.2, 0.25) is 5.91 Å². The van der Waals surface area contributed by atoms with Crippen LogP contribution in [-0.2, 0) is 9.59 Å². The number of aryl methyl sites for hydroxylation is 1. The zero-order valence-electron chi connectivity index (χ0n) is 19.9. The number of carbonyl (C=O) groups is 3. The van der Waals surface area contributed by atoms with E-state index in [-0.39, 0.29) is 21.9 Å². The fraction of sp³-hybridized carbons (Fsp3) is 0.346. The van der Waals surface area contributed by atoms with Crippen LogP contribution in [0, 0.1) is 12.7 Å². The second kappa shape index (κ2) is 8.91. The van der Waals surface area contributed by atoms with Crippen LogP contribution in [0.3, 0.4) is 0 Å². The Hall–Kier alpha value is -3.13. The van der Waals surface area contributed by atoms with Crippen molar-refractivity contribution in [3.63, 3.8) is 0 Å². The van der Waals surface area contributed by atoms with Gasteiger partial charge in [0.25, 0.3) is 11.1 Å². The molecule has 8 heteroatoms. The minimum Gasteiger partial charge on any atom is -0.369 e. The fourth-order valence-electron chi connectivity index (χ4n) is 4.56. The van der Waals surface area contributed by atoms with Gasteiger partial charge in [0.1, 0.15) is 12.4 Å². The Labute approximate surface area is 203 Å². The molecule has 0 saturated carbocycles. The van der Waals surface area contributed by atoms with Gasteiger partial charge in [0, 0.05) is 29.5 Å². The lowest BCUT2D eigenvalue weighted by molar-refractivity contribution is -0.127. The van der Waals surface area contributed by atoms with Gasteiger partial charge >= 0.3 is 0 Å². The summed E-state index contributed by atoms with van der Waals surface area (Å²) in [5.41, 5.74) is 3.56. The molecule has 3 amide bonds. The molecule has 2 aromatic rings. The first-order chi connectivity index (χ1) is 16.0. The van der Waals surface area contributed by atoms with Crippen molar-refractivity contribution in [3.05, 3.63) is 63.8 Å². The molecule has 0 radical (unpaired) electrons. The number of hydrogen-bond acceptors (Lipinski definition) is 5. The molecule has 6 nitrogen and oxygen atoms in total. The summed E-state index contributed by atoms with van der Waals surface area (Å²) < 4.78 is 15.0. The number of imide groups is 1. The number of nitrogens with one attached hydrogen (secondary N) is 1. The van der Waals surface area contributed by atoms with Gasteiger partial charge < -0.3 is 10.2 Å². The maximum atomic E-state index is 15.0. The van der Waals surface area contributed by atoms with Gasteiger partial charge in [-0.3, -0.25) is 19.3 Å². The van der Waals surface area contributed by atoms with E-state index in [0.717, 1.165) is 28.1 Å². The van der Waals surface area contributed by atoms with E-state index in [4.69, 9.17) is 0 Å². The summed E-state index contributed by atoms with van der Waals surface area (Å²) in [6.45, 7) is 7.86. The SMILES string of the molecule is Cc1cccc(NC(=O)CN2C(=O)S/C(=C/c3cc4c(cc3F)N(C)C(C)(C)CC4C)C2=O)c1. The van der Waals surface area contributed by atoms with Crippen LogP contribution in [0.1, 0.15) is 49.8 Å². The smallest absolute Gasteiger partial charge is 0.294 e. The number of halogens is 1. The van der Waals surface area contributed by atoms with Crippen LogP contribution in [0.2, 0.25) is 0 Å². The molecule has 2 aromatic carbocycles. The zero-order valence-corrected chi connectivity index (χ0v) is 20.8. The van der Waals surface area contributed by atoms with Crippen LogP contribution in [0.4, 0.5) is 20.6 Å². The fourth-order valence-corrected chi connectivity index (χ4v) is 5.39. The molecule has 1 atom stereocenters. The van der Waals surface area contributed by atoms with Gasteiger partial charge in [-0.05, 0) is 86.3 Å². The number of carbonyl (C=O) groups excluding carboxylic acids is 3. The van der Waals surface area contributed by atoms with Gasteiger partial charge in [-0.1, -0.05) is 19.1 Å². The topological polar surface area (TPSA) is 69.7 Å². The molecule has 0 aromatic heterocycles. The molecular weight excluding hydrogens is 453 g/mol. The lowest BCUT2D eigenvalue weighted by Crippen LogP contribution is -2.45. The third-order valence-electron chi connectivity index (χ3n) is 6.52. The van der Waals surface area contributed by atoms with E-state index in [2.05, 4.69) is 31.0 Å². The number of hydrogen-bond donors (Lipinski definition) is 1. The van der Waals surface area contributed by atoms with E-state index in [1.165, 1.54) is 12.1 Å². The summed E-state index contributed by atoms with van der Waals surface area (Å²) in [5, 5.41) is 2.14. The first-order valence-corrected chi connectivity index (χ1v) is 12.0. The number of amides is 3. The number of anilines is 2.